The zero-order chi connectivity index (χ0) is 14.2. The van der Waals surface area contributed by atoms with Crippen molar-refractivity contribution in [3.8, 4) is 10.6 Å². The standard InChI is InChI=1S/C15H15BrN4S/c16-12-8-6-11(7-9-12)14-19-20-13(17-18-15(20)21-14)10-4-2-1-3-5-10/h6-10H,1-5H2. The second-order valence-electron chi connectivity index (χ2n) is 5.50. The van der Waals surface area contributed by atoms with Crippen LogP contribution >= 0.6 is 27.3 Å². The molecule has 4 nitrogen and oxygen atoms in total. The van der Waals surface area contributed by atoms with Gasteiger partial charge in [0.05, 0.1) is 0 Å². The van der Waals surface area contributed by atoms with Crippen molar-refractivity contribution in [1.82, 2.24) is 19.8 Å². The second-order valence-corrected chi connectivity index (χ2v) is 7.37. The van der Waals surface area contributed by atoms with Crippen LogP contribution in [0.4, 0.5) is 0 Å². The SMILES string of the molecule is Brc1ccc(-c2nn3c(C4CCCCC4)nnc3s2)cc1. The van der Waals surface area contributed by atoms with Crippen molar-refractivity contribution in [2.75, 3.05) is 0 Å². The maximum absolute atomic E-state index is 4.74. The number of rotatable bonds is 2. The van der Waals surface area contributed by atoms with Gasteiger partial charge >= 0.3 is 0 Å². The summed E-state index contributed by atoms with van der Waals surface area (Å²) in [5, 5.41) is 14.4. The van der Waals surface area contributed by atoms with Crippen LogP contribution < -0.4 is 0 Å². The van der Waals surface area contributed by atoms with E-state index in [1.165, 1.54) is 32.1 Å². The minimum Gasteiger partial charge on any atom is -0.187 e. The fraction of sp³-hybridized carbons (Fsp3) is 0.400. The summed E-state index contributed by atoms with van der Waals surface area (Å²) in [6.07, 6.45) is 6.37. The Kier molecular flexibility index (Phi) is 3.51. The Morgan fingerprint density at radius 3 is 2.57 bits per heavy atom. The van der Waals surface area contributed by atoms with Crippen molar-refractivity contribution in [3.05, 3.63) is 34.6 Å². The van der Waals surface area contributed by atoms with Crippen LogP contribution in [-0.4, -0.2) is 19.8 Å². The summed E-state index contributed by atoms with van der Waals surface area (Å²) in [5.41, 5.74) is 1.13. The summed E-state index contributed by atoms with van der Waals surface area (Å²) in [5.74, 6) is 1.57. The molecule has 1 aromatic carbocycles. The number of nitrogens with zero attached hydrogens (tertiary/aromatic N) is 4. The smallest absolute Gasteiger partial charge is 0.187 e. The first-order valence-electron chi connectivity index (χ1n) is 7.29. The van der Waals surface area contributed by atoms with Crippen LogP contribution in [-0.2, 0) is 0 Å². The first-order chi connectivity index (χ1) is 10.3. The molecule has 0 N–H and O–H groups in total. The molecule has 3 aromatic rings. The number of fused-ring (bicyclic) bond motifs is 1. The molecule has 0 atom stereocenters. The molecule has 4 rings (SSSR count). The molecule has 0 spiro atoms. The fourth-order valence-electron chi connectivity index (χ4n) is 2.96. The minimum absolute atomic E-state index is 0.522. The molecule has 0 saturated heterocycles. The molecule has 1 fully saturated rings. The largest absolute Gasteiger partial charge is 0.234 e. The van der Waals surface area contributed by atoms with E-state index in [0.29, 0.717) is 5.92 Å². The van der Waals surface area contributed by atoms with Gasteiger partial charge < -0.3 is 0 Å². The average molecular weight is 363 g/mol. The number of aromatic nitrogens is 4. The lowest BCUT2D eigenvalue weighted by molar-refractivity contribution is 0.423. The zero-order valence-corrected chi connectivity index (χ0v) is 13.9. The van der Waals surface area contributed by atoms with Crippen molar-refractivity contribution < 1.29 is 0 Å². The predicted octanol–water partition coefficient (Wildman–Crippen LogP) is 4.66. The van der Waals surface area contributed by atoms with Gasteiger partial charge in [-0.1, -0.05) is 58.7 Å². The van der Waals surface area contributed by atoms with Crippen LogP contribution in [0.5, 0.6) is 0 Å². The molecule has 1 aliphatic carbocycles. The van der Waals surface area contributed by atoms with Gasteiger partial charge in [0.2, 0.25) is 4.96 Å². The lowest BCUT2D eigenvalue weighted by Crippen LogP contribution is -2.09. The molecule has 2 aromatic heterocycles. The maximum Gasteiger partial charge on any atom is 0.234 e. The van der Waals surface area contributed by atoms with Crippen LogP contribution in [0, 0.1) is 0 Å². The Hall–Kier alpha value is -1.27. The Morgan fingerprint density at radius 2 is 1.81 bits per heavy atom. The van der Waals surface area contributed by atoms with Crippen LogP contribution in [0.15, 0.2) is 28.7 Å². The van der Waals surface area contributed by atoms with Crippen LogP contribution in [0.3, 0.4) is 0 Å². The van der Waals surface area contributed by atoms with E-state index in [2.05, 4.69) is 38.3 Å². The first kappa shape index (κ1) is 13.4. The molecule has 108 valence electrons. The highest BCUT2D eigenvalue weighted by atomic mass is 79.9. The summed E-state index contributed by atoms with van der Waals surface area (Å²) in [6, 6.07) is 8.24. The molecule has 6 heteroatoms. The minimum atomic E-state index is 0.522. The number of halogens is 1. The van der Waals surface area contributed by atoms with Gasteiger partial charge in [-0.2, -0.15) is 9.61 Å². The molecule has 1 aliphatic rings. The number of hydrogen-bond donors (Lipinski definition) is 0. The summed E-state index contributed by atoms with van der Waals surface area (Å²) in [4.78, 5) is 0.897. The predicted molar refractivity (Wildman–Crippen MR) is 87.6 cm³/mol. The van der Waals surface area contributed by atoms with E-state index < -0.39 is 0 Å². The summed E-state index contributed by atoms with van der Waals surface area (Å²) < 4.78 is 3.04. The van der Waals surface area contributed by atoms with Gasteiger partial charge in [-0.05, 0) is 25.0 Å². The van der Waals surface area contributed by atoms with E-state index in [-0.39, 0.29) is 0 Å². The van der Waals surface area contributed by atoms with E-state index in [9.17, 15) is 0 Å². The fourth-order valence-corrected chi connectivity index (χ4v) is 4.07. The van der Waals surface area contributed by atoms with E-state index >= 15 is 0 Å². The Labute approximate surface area is 135 Å². The lowest BCUT2D eigenvalue weighted by atomic mass is 9.89. The van der Waals surface area contributed by atoms with Crippen molar-refractivity contribution in [2.45, 2.75) is 38.0 Å². The average Bonchev–Trinajstić information content (AvgIpc) is 3.09. The van der Waals surface area contributed by atoms with Crippen LogP contribution in [0.25, 0.3) is 15.5 Å². The highest BCUT2D eigenvalue weighted by Crippen LogP contribution is 2.33. The van der Waals surface area contributed by atoms with E-state index in [4.69, 9.17) is 5.10 Å². The van der Waals surface area contributed by atoms with Gasteiger partial charge in [0.1, 0.15) is 5.01 Å². The molecular formula is C15H15BrN4S. The van der Waals surface area contributed by atoms with Crippen LogP contribution in [0.2, 0.25) is 0 Å². The van der Waals surface area contributed by atoms with Crippen LogP contribution in [0.1, 0.15) is 43.8 Å². The third-order valence-corrected chi connectivity index (χ3v) is 5.55. The Bertz CT molecular complexity index is 756. The molecule has 1 saturated carbocycles. The maximum atomic E-state index is 4.74. The normalized spacial score (nSPS) is 16.6. The zero-order valence-electron chi connectivity index (χ0n) is 11.5. The van der Waals surface area contributed by atoms with Crippen molar-refractivity contribution >= 4 is 32.2 Å². The monoisotopic (exact) mass is 362 g/mol. The third kappa shape index (κ3) is 2.51. The molecule has 2 heterocycles. The lowest BCUT2D eigenvalue weighted by Gasteiger charge is -2.18. The molecule has 0 bridgehead atoms. The highest BCUT2D eigenvalue weighted by molar-refractivity contribution is 9.10. The molecule has 21 heavy (non-hydrogen) atoms. The van der Waals surface area contributed by atoms with E-state index in [1.54, 1.807) is 11.3 Å². The van der Waals surface area contributed by atoms with Gasteiger partial charge in [0, 0.05) is 16.0 Å². The highest BCUT2D eigenvalue weighted by Gasteiger charge is 2.23. The number of hydrogen-bond acceptors (Lipinski definition) is 4. The number of benzene rings is 1. The van der Waals surface area contributed by atoms with Gasteiger partial charge in [-0.3, -0.25) is 0 Å². The van der Waals surface area contributed by atoms with Gasteiger partial charge in [-0.25, -0.2) is 0 Å². The molecule has 0 unspecified atom stereocenters. The van der Waals surface area contributed by atoms with E-state index in [0.717, 1.165) is 25.8 Å². The molecule has 0 amide bonds. The van der Waals surface area contributed by atoms with Crippen molar-refractivity contribution in [1.29, 1.82) is 0 Å². The van der Waals surface area contributed by atoms with Gasteiger partial charge in [0.25, 0.3) is 0 Å². The first-order valence-corrected chi connectivity index (χ1v) is 8.90. The Morgan fingerprint density at radius 1 is 1.05 bits per heavy atom. The topological polar surface area (TPSA) is 43.1 Å². The molecule has 0 aliphatic heterocycles. The quantitative estimate of drug-likeness (QED) is 0.665. The van der Waals surface area contributed by atoms with Crippen molar-refractivity contribution in [3.63, 3.8) is 0 Å². The second kappa shape index (κ2) is 5.50. The van der Waals surface area contributed by atoms with Crippen molar-refractivity contribution in [2.24, 2.45) is 0 Å². The molecular weight excluding hydrogens is 348 g/mol. The summed E-state index contributed by atoms with van der Waals surface area (Å²) >= 11 is 5.07. The Balaban J connectivity index is 1.73. The summed E-state index contributed by atoms with van der Waals surface area (Å²) in [6.45, 7) is 0. The van der Waals surface area contributed by atoms with E-state index in [1.807, 2.05) is 16.6 Å². The molecule has 0 radical (unpaired) electrons. The summed E-state index contributed by atoms with van der Waals surface area (Å²) in [7, 11) is 0. The third-order valence-electron chi connectivity index (χ3n) is 4.08. The van der Waals surface area contributed by atoms with Gasteiger partial charge in [-0.15, -0.1) is 10.2 Å². The van der Waals surface area contributed by atoms with Gasteiger partial charge in [0.15, 0.2) is 5.82 Å².